The molecule has 0 aromatic carbocycles. The number of nitrogens with one attached hydrogen (secondary N) is 4. The molecule has 5 amide bonds. The van der Waals surface area contributed by atoms with Gasteiger partial charge in [-0.1, -0.05) is 19.4 Å². The second-order valence-corrected chi connectivity index (χ2v) is 12.3. The van der Waals surface area contributed by atoms with Crippen molar-refractivity contribution >= 4 is 52.6 Å². The minimum Gasteiger partial charge on any atom is -0.361 e. The lowest BCUT2D eigenvalue weighted by Crippen LogP contribution is -2.49. The van der Waals surface area contributed by atoms with Crippen LogP contribution in [0.4, 0.5) is 0 Å². The molecular weight excluding hydrogens is 682 g/mol. The van der Waals surface area contributed by atoms with Crippen LogP contribution in [0.1, 0.15) is 110 Å². The number of amides is 5. The van der Waals surface area contributed by atoms with Gasteiger partial charge < -0.3 is 16.0 Å². The molecule has 0 aliphatic rings. The first-order valence-corrected chi connectivity index (χ1v) is 17.8. The summed E-state index contributed by atoms with van der Waals surface area (Å²) in [6, 6.07) is 5.53. The van der Waals surface area contributed by atoms with E-state index in [1.165, 1.54) is 6.92 Å². The number of thiocarbonyl (C=S) groups is 1. The van der Waals surface area contributed by atoms with E-state index >= 15 is 0 Å². The Bertz CT molecular complexity index is 1270. The molecule has 1 heterocycles. The van der Waals surface area contributed by atoms with E-state index < -0.39 is 29.8 Å². The zero-order chi connectivity index (χ0) is 38.0. The quantitative estimate of drug-likeness (QED) is 0.0192. The van der Waals surface area contributed by atoms with Crippen LogP contribution in [0.2, 0.25) is 0 Å². The van der Waals surface area contributed by atoms with E-state index in [9.17, 15) is 39.6 Å². The predicted octanol–water partition coefficient (Wildman–Crippen LogP) is 2.59. The fourth-order valence-corrected chi connectivity index (χ4v) is 4.65. The summed E-state index contributed by atoms with van der Waals surface area (Å²) in [7, 11) is 0. The number of hydrogen-bond donors (Lipinski definition) is 7. The Balaban J connectivity index is 2.30. The van der Waals surface area contributed by atoms with Gasteiger partial charge in [0.05, 0.1) is 11.4 Å². The third kappa shape index (κ3) is 20.9. The van der Waals surface area contributed by atoms with Crippen LogP contribution in [-0.4, -0.2) is 109 Å². The molecule has 17 nitrogen and oxygen atoms in total. The Kier molecular flexibility index (Phi) is 23.3. The van der Waals surface area contributed by atoms with Crippen molar-refractivity contribution in [1.82, 2.24) is 41.5 Å². The molecule has 1 aromatic rings. The molecule has 51 heavy (non-hydrogen) atoms. The van der Waals surface area contributed by atoms with Crippen molar-refractivity contribution in [3.05, 3.63) is 30.1 Å². The van der Waals surface area contributed by atoms with Crippen molar-refractivity contribution in [3.8, 4) is 0 Å². The molecule has 0 saturated carbocycles. The Morgan fingerprint density at radius 2 is 1.43 bits per heavy atom. The molecule has 0 bridgehead atoms. The summed E-state index contributed by atoms with van der Waals surface area (Å²) in [6.45, 7) is 6.20. The molecule has 1 atom stereocenters. The molecule has 0 spiro atoms. The maximum Gasteiger partial charge on any atom is 0.248 e. The molecule has 0 saturated heterocycles. The molecule has 0 radical (unpaired) electrons. The van der Waals surface area contributed by atoms with E-state index in [1.807, 2.05) is 32.0 Å². The van der Waals surface area contributed by atoms with E-state index in [0.717, 1.165) is 18.5 Å². The highest BCUT2D eigenvalue weighted by molar-refractivity contribution is 7.80. The Labute approximate surface area is 305 Å². The molecular formula is C33H55N9O8S. The van der Waals surface area contributed by atoms with Gasteiger partial charge in [-0.15, -0.1) is 0 Å². The van der Waals surface area contributed by atoms with E-state index in [-0.39, 0.29) is 51.1 Å². The zero-order valence-electron chi connectivity index (χ0n) is 29.9. The van der Waals surface area contributed by atoms with Gasteiger partial charge in [0.2, 0.25) is 29.5 Å². The summed E-state index contributed by atoms with van der Waals surface area (Å²) in [5.74, 6) is -2.77. The number of hydrazone groups is 1. The van der Waals surface area contributed by atoms with Gasteiger partial charge in [-0.3, -0.25) is 50.0 Å². The van der Waals surface area contributed by atoms with Crippen LogP contribution in [0.3, 0.4) is 0 Å². The molecule has 1 aromatic heterocycles. The fourth-order valence-electron chi connectivity index (χ4n) is 4.50. The number of carbonyl (C=O) groups is 5. The summed E-state index contributed by atoms with van der Waals surface area (Å²) in [5, 5.41) is 44.5. The SMILES string of the molecule is CCCCC(NC(=O)CCC(=O)N(O)CCCCCNC(=S)N/N=C(\C)c1ccccn1)N(O)C(=O)CCC(=O)NCCCCCN(O)C(C)=O. The lowest BCUT2D eigenvalue weighted by molar-refractivity contribution is -0.181. The number of carbonyl (C=O) groups excluding carboxylic acids is 5. The smallest absolute Gasteiger partial charge is 0.248 e. The number of hydrogen-bond acceptors (Lipinski definition) is 11. The van der Waals surface area contributed by atoms with Crippen molar-refractivity contribution in [2.24, 2.45) is 5.10 Å². The van der Waals surface area contributed by atoms with Gasteiger partial charge >= 0.3 is 0 Å². The molecule has 0 aliphatic heterocycles. The van der Waals surface area contributed by atoms with Crippen molar-refractivity contribution in [2.75, 3.05) is 26.2 Å². The van der Waals surface area contributed by atoms with Gasteiger partial charge in [0.1, 0.15) is 6.17 Å². The first-order chi connectivity index (χ1) is 24.3. The predicted molar refractivity (Wildman–Crippen MR) is 192 cm³/mol. The second kappa shape index (κ2) is 26.5. The van der Waals surface area contributed by atoms with Crippen LogP contribution >= 0.6 is 12.2 Å². The fraction of sp³-hybridized carbons (Fsp3) is 0.636. The topological polar surface area (TPSA) is 229 Å². The standard InChI is InChI=1S/C33H55N9O8S/c1-4-5-15-28(42(50)32(47)19-16-29(44)35-21-9-6-12-23-40(48)26(3)43)37-30(45)17-18-31(46)41(49)24-13-7-10-22-36-33(51)39-38-25(2)27-14-8-11-20-34-27/h8,11,14,20,28,48-50H,4-7,9-10,12-13,15-19,21-24H2,1-3H3,(H,35,44)(H,37,45)(H2,36,39,51)/b38-25+. The van der Waals surface area contributed by atoms with Crippen LogP contribution in [-0.2, 0) is 24.0 Å². The Morgan fingerprint density at radius 1 is 0.804 bits per heavy atom. The average Bonchev–Trinajstić information content (AvgIpc) is 3.12. The van der Waals surface area contributed by atoms with Crippen LogP contribution in [0.15, 0.2) is 29.5 Å². The molecule has 0 aliphatic carbocycles. The molecule has 7 N–H and O–H groups in total. The normalized spacial score (nSPS) is 11.6. The van der Waals surface area contributed by atoms with Crippen LogP contribution in [0.5, 0.6) is 0 Å². The number of hydroxylamine groups is 6. The van der Waals surface area contributed by atoms with Crippen LogP contribution in [0, 0.1) is 0 Å². The molecule has 1 rings (SSSR count). The van der Waals surface area contributed by atoms with E-state index in [4.69, 9.17) is 12.2 Å². The highest BCUT2D eigenvalue weighted by Crippen LogP contribution is 2.09. The number of pyridine rings is 1. The van der Waals surface area contributed by atoms with Gasteiger partial charge in [-0.05, 0) is 82.6 Å². The summed E-state index contributed by atoms with van der Waals surface area (Å²) in [6.07, 6.45) is 5.08. The van der Waals surface area contributed by atoms with Gasteiger partial charge in [0.25, 0.3) is 0 Å². The minimum absolute atomic E-state index is 0.0892. The van der Waals surface area contributed by atoms with Crippen molar-refractivity contribution in [1.29, 1.82) is 0 Å². The molecule has 1 unspecified atom stereocenters. The largest absolute Gasteiger partial charge is 0.361 e. The van der Waals surface area contributed by atoms with E-state index in [2.05, 4.69) is 31.5 Å². The van der Waals surface area contributed by atoms with Gasteiger partial charge in [0.15, 0.2) is 5.11 Å². The second-order valence-electron chi connectivity index (χ2n) is 11.9. The number of rotatable bonds is 25. The van der Waals surface area contributed by atoms with E-state index in [1.54, 1.807) is 6.20 Å². The van der Waals surface area contributed by atoms with E-state index in [0.29, 0.717) is 77.6 Å². The highest BCUT2D eigenvalue weighted by atomic mass is 32.1. The van der Waals surface area contributed by atoms with Gasteiger partial charge in [-0.25, -0.2) is 15.2 Å². The maximum atomic E-state index is 12.6. The summed E-state index contributed by atoms with van der Waals surface area (Å²) in [4.78, 5) is 64.9. The number of nitrogens with zero attached hydrogens (tertiary/aromatic N) is 5. The van der Waals surface area contributed by atoms with Crippen molar-refractivity contribution in [2.45, 2.75) is 110 Å². The van der Waals surface area contributed by atoms with Gasteiger partial charge in [0, 0.05) is 65.0 Å². The minimum atomic E-state index is -1.04. The lowest BCUT2D eigenvalue weighted by Gasteiger charge is -2.27. The molecule has 286 valence electrons. The summed E-state index contributed by atoms with van der Waals surface area (Å²) < 4.78 is 0. The third-order valence-corrected chi connectivity index (χ3v) is 7.79. The highest BCUT2D eigenvalue weighted by Gasteiger charge is 2.24. The third-order valence-electron chi connectivity index (χ3n) is 7.55. The maximum absolute atomic E-state index is 12.6. The Morgan fingerprint density at radius 3 is 2.06 bits per heavy atom. The monoisotopic (exact) mass is 737 g/mol. The first kappa shape index (κ1) is 44.8. The van der Waals surface area contributed by atoms with Crippen molar-refractivity contribution < 1.29 is 39.6 Å². The summed E-state index contributed by atoms with van der Waals surface area (Å²) >= 11 is 5.22. The van der Waals surface area contributed by atoms with Crippen LogP contribution < -0.4 is 21.4 Å². The van der Waals surface area contributed by atoms with Crippen LogP contribution in [0.25, 0.3) is 0 Å². The Hall–Kier alpha value is -4.26. The lowest BCUT2D eigenvalue weighted by atomic mass is 10.1. The number of unbranched alkanes of at least 4 members (excludes halogenated alkanes) is 5. The first-order valence-electron chi connectivity index (χ1n) is 17.4. The average molecular weight is 738 g/mol. The molecule has 0 fully saturated rings. The summed E-state index contributed by atoms with van der Waals surface area (Å²) in [5.41, 5.74) is 4.19. The van der Waals surface area contributed by atoms with Gasteiger partial charge in [-0.2, -0.15) is 5.10 Å². The number of aromatic nitrogens is 1. The zero-order valence-corrected chi connectivity index (χ0v) is 30.8. The van der Waals surface area contributed by atoms with Crippen molar-refractivity contribution in [3.63, 3.8) is 0 Å². The molecule has 18 heteroatoms.